The molecule has 0 aliphatic carbocycles. The second-order valence-corrected chi connectivity index (χ2v) is 5.48. The van der Waals surface area contributed by atoms with Gasteiger partial charge in [0, 0.05) is 0 Å². The first-order chi connectivity index (χ1) is 7.74. The van der Waals surface area contributed by atoms with Crippen LogP contribution in [0.5, 0.6) is 0 Å². The summed E-state index contributed by atoms with van der Waals surface area (Å²) in [4.78, 5) is 11.9. The molecule has 1 atom stereocenters. The summed E-state index contributed by atoms with van der Waals surface area (Å²) in [7, 11) is 0. The zero-order valence-corrected chi connectivity index (χ0v) is 11.4. The second kappa shape index (κ2) is 5.23. The van der Waals surface area contributed by atoms with Crippen molar-refractivity contribution < 1.29 is 9.18 Å². The molecule has 0 aliphatic heterocycles. The quantitative estimate of drug-likeness (QED) is 0.841. The van der Waals surface area contributed by atoms with E-state index in [0.29, 0.717) is 0 Å². The lowest BCUT2D eigenvalue weighted by Gasteiger charge is -2.29. The maximum Gasteiger partial charge on any atom is 0.253 e. The van der Waals surface area contributed by atoms with Crippen molar-refractivity contribution in [2.45, 2.75) is 31.7 Å². The SMILES string of the molecule is CC(Cl)C(C)(C)NC(=O)c1ccc(F)cc1Cl. The van der Waals surface area contributed by atoms with Gasteiger partial charge in [-0.15, -0.1) is 11.6 Å². The molecule has 5 heteroatoms. The third-order valence-electron chi connectivity index (χ3n) is 2.61. The fraction of sp³-hybridized carbons (Fsp3) is 0.417. The van der Waals surface area contributed by atoms with Gasteiger partial charge in [-0.2, -0.15) is 0 Å². The van der Waals surface area contributed by atoms with Crippen LogP contribution in [-0.2, 0) is 0 Å². The lowest BCUT2D eigenvalue weighted by Crippen LogP contribution is -2.49. The molecule has 1 unspecified atom stereocenters. The summed E-state index contributed by atoms with van der Waals surface area (Å²) in [5.41, 5.74) is -0.338. The predicted molar refractivity (Wildman–Crippen MR) is 68.3 cm³/mol. The summed E-state index contributed by atoms with van der Waals surface area (Å²) in [5, 5.41) is 2.59. The van der Waals surface area contributed by atoms with E-state index >= 15 is 0 Å². The number of carbonyl (C=O) groups is 1. The standard InChI is InChI=1S/C12H14Cl2FNO/c1-7(13)12(2,3)16-11(17)9-5-4-8(15)6-10(9)14/h4-7H,1-3H3,(H,16,17). The fourth-order valence-corrected chi connectivity index (χ4v) is 1.44. The Morgan fingerprint density at radius 3 is 2.53 bits per heavy atom. The summed E-state index contributed by atoms with van der Waals surface area (Å²) < 4.78 is 12.8. The topological polar surface area (TPSA) is 29.1 Å². The van der Waals surface area contributed by atoms with Crippen LogP contribution >= 0.6 is 23.2 Å². The highest BCUT2D eigenvalue weighted by molar-refractivity contribution is 6.33. The van der Waals surface area contributed by atoms with Crippen LogP contribution in [0, 0.1) is 5.82 Å². The Morgan fingerprint density at radius 2 is 2.06 bits per heavy atom. The molecule has 0 bridgehead atoms. The third-order valence-corrected chi connectivity index (χ3v) is 3.46. The highest BCUT2D eigenvalue weighted by Crippen LogP contribution is 2.20. The Hall–Kier alpha value is -0.800. The molecule has 1 rings (SSSR count). The van der Waals surface area contributed by atoms with Gasteiger partial charge in [-0.05, 0) is 39.0 Å². The van der Waals surface area contributed by atoms with Crippen LogP contribution in [0.2, 0.25) is 5.02 Å². The first kappa shape index (κ1) is 14.3. The van der Waals surface area contributed by atoms with E-state index in [1.54, 1.807) is 20.8 Å². The van der Waals surface area contributed by atoms with E-state index in [-0.39, 0.29) is 21.9 Å². The van der Waals surface area contributed by atoms with Gasteiger partial charge in [-0.3, -0.25) is 4.79 Å². The van der Waals surface area contributed by atoms with Gasteiger partial charge in [0.25, 0.3) is 5.91 Å². The Labute approximate surface area is 110 Å². The van der Waals surface area contributed by atoms with Crippen LogP contribution in [0.25, 0.3) is 0 Å². The normalized spacial score (nSPS) is 13.3. The van der Waals surface area contributed by atoms with E-state index in [2.05, 4.69) is 5.32 Å². The number of alkyl halides is 1. The molecule has 0 heterocycles. The van der Waals surface area contributed by atoms with E-state index in [1.165, 1.54) is 12.1 Å². The Morgan fingerprint density at radius 1 is 1.47 bits per heavy atom. The zero-order valence-electron chi connectivity index (χ0n) is 9.85. The highest BCUT2D eigenvalue weighted by atomic mass is 35.5. The molecule has 1 N–H and O–H groups in total. The number of amides is 1. The number of rotatable bonds is 3. The number of halogens is 3. The average molecular weight is 278 g/mol. The summed E-state index contributed by atoms with van der Waals surface area (Å²) in [5.74, 6) is -0.843. The summed E-state index contributed by atoms with van der Waals surface area (Å²) in [6.07, 6.45) is 0. The average Bonchev–Trinajstić information content (AvgIpc) is 2.15. The molecule has 94 valence electrons. The minimum atomic E-state index is -0.573. The first-order valence-corrected chi connectivity index (χ1v) is 5.97. The Bertz CT molecular complexity index is 433. The molecule has 0 spiro atoms. The number of hydrogen-bond donors (Lipinski definition) is 1. The molecule has 17 heavy (non-hydrogen) atoms. The Kier molecular flexibility index (Phi) is 4.39. The van der Waals surface area contributed by atoms with E-state index in [1.807, 2.05) is 0 Å². The smallest absolute Gasteiger partial charge is 0.253 e. The molecule has 0 aromatic heterocycles. The van der Waals surface area contributed by atoms with Gasteiger partial charge in [0.1, 0.15) is 5.82 Å². The molecule has 0 saturated carbocycles. The van der Waals surface area contributed by atoms with Gasteiger partial charge in [0.2, 0.25) is 0 Å². The molecule has 1 amide bonds. The van der Waals surface area contributed by atoms with Gasteiger partial charge in [-0.1, -0.05) is 11.6 Å². The number of benzene rings is 1. The van der Waals surface area contributed by atoms with Gasteiger partial charge in [-0.25, -0.2) is 4.39 Å². The van der Waals surface area contributed by atoms with Crippen LogP contribution in [0.4, 0.5) is 4.39 Å². The van der Waals surface area contributed by atoms with Crippen molar-refractivity contribution in [3.63, 3.8) is 0 Å². The summed E-state index contributed by atoms with van der Waals surface area (Å²) >= 11 is 11.8. The molecule has 2 nitrogen and oxygen atoms in total. The van der Waals surface area contributed by atoms with Gasteiger partial charge in [0.15, 0.2) is 0 Å². The number of nitrogens with one attached hydrogen (secondary N) is 1. The molecular weight excluding hydrogens is 264 g/mol. The van der Waals surface area contributed by atoms with Crippen molar-refractivity contribution in [1.29, 1.82) is 0 Å². The largest absolute Gasteiger partial charge is 0.346 e. The van der Waals surface area contributed by atoms with Crippen molar-refractivity contribution in [3.05, 3.63) is 34.6 Å². The first-order valence-electron chi connectivity index (χ1n) is 5.15. The number of carbonyl (C=O) groups excluding carboxylic acids is 1. The molecule has 1 aromatic rings. The van der Waals surface area contributed by atoms with Crippen LogP contribution in [-0.4, -0.2) is 16.8 Å². The van der Waals surface area contributed by atoms with Crippen molar-refractivity contribution >= 4 is 29.1 Å². The van der Waals surface area contributed by atoms with Crippen LogP contribution in [0.3, 0.4) is 0 Å². The molecule has 1 aromatic carbocycles. The molecule has 0 radical (unpaired) electrons. The molecular formula is C12H14Cl2FNO. The zero-order chi connectivity index (χ0) is 13.2. The van der Waals surface area contributed by atoms with E-state index in [9.17, 15) is 9.18 Å². The summed E-state index contributed by atoms with van der Waals surface area (Å²) in [6, 6.07) is 3.65. The molecule has 0 aliphatic rings. The minimum Gasteiger partial charge on any atom is -0.346 e. The summed E-state index contributed by atoms with van der Waals surface area (Å²) in [6.45, 7) is 5.40. The molecule has 0 saturated heterocycles. The fourth-order valence-electron chi connectivity index (χ4n) is 1.13. The number of hydrogen-bond acceptors (Lipinski definition) is 1. The van der Waals surface area contributed by atoms with E-state index in [0.717, 1.165) is 6.07 Å². The van der Waals surface area contributed by atoms with E-state index in [4.69, 9.17) is 23.2 Å². The van der Waals surface area contributed by atoms with Gasteiger partial charge in [0.05, 0.1) is 21.5 Å². The van der Waals surface area contributed by atoms with Crippen molar-refractivity contribution in [2.24, 2.45) is 0 Å². The lowest BCUT2D eigenvalue weighted by atomic mass is 10.0. The maximum absolute atomic E-state index is 12.8. The molecule has 0 fully saturated rings. The second-order valence-electron chi connectivity index (χ2n) is 4.42. The van der Waals surface area contributed by atoms with Crippen molar-refractivity contribution in [2.75, 3.05) is 0 Å². The highest BCUT2D eigenvalue weighted by Gasteiger charge is 2.27. The van der Waals surface area contributed by atoms with Crippen LogP contribution in [0.15, 0.2) is 18.2 Å². The Balaban J connectivity index is 2.91. The monoisotopic (exact) mass is 277 g/mol. The minimum absolute atomic E-state index is 0.0838. The van der Waals surface area contributed by atoms with Gasteiger partial charge >= 0.3 is 0 Å². The van der Waals surface area contributed by atoms with Crippen molar-refractivity contribution in [1.82, 2.24) is 5.32 Å². The third kappa shape index (κ3) is 3.58. The van der Waals surface area contributed by atoms with Crippen LogP contribution in [0.1, 0.15) is 31.1 Å². The van der Waals surface area contributed by atoms with Gasteiger partial charge < -0.3 is 5.32 Å². The predicted octanol–water partition coefficient (Wildman–Crippen LogP) is 3.61. The van der Waals surface area contributed by atoms with Crippen LogP contribution < -0.4 is 5.32 Å². The lowest BCUT2D eigenvalue weighted by molar-refractivity contribution is 0.0912. The van der Waals surface area contributed by atoms with E-state index < -0.39 is 11.4 Å². The maximum atomic E-state index is 12.8. The van der Waals surface area contributed by atoms with Crippen molar-refractivity contribution in [3.8, 4) is 0 Å².